The predicted molar refractivity (Wildman–Crippen MR) is 131 cm³/mol. The highest BCUT2D eigenvalue weighted by atomic mass is 16.3. The summed E-state index contributed by atoms with van der Waals surface area (Å²) in [6.45, 7) is 2.11. The summed E-state index contributed by atoms with van der Waals surface area (Å²) in [4.78, 5) is 19.9. The molecule has 4 N–H and O–H groups in total. The number of aliphatic hydroxyl groups is 1. The Labute approximate surface area is 193 Å². The van der Waals surface area contributed by atoms with Gasteiger partial charge in [0.15, 0.2) is 5.82 Å². The molecule has 0 fully saturated rings. The zero-order valence-electron chi connectivity index (χ0n) is 18.7. The molecule has 0 aliphatic heterocycles. The number of aliphatic hydroxyl groups excluding tert-OH is 1. The molecule has 4 aromatic rings. The SMILES string of the molecule is C[C@H](Cc1cccc(CO)c1)Nc1nccc(N(C)c2cc(N)nc(-c3ccccc3)n2)n1. The summed E-state index contributed by atoms with van der Waals surface area (Å²) >= 11 is 0. The molecule has 0 spiro atoms. The maximum absolute atomic E-state index is 9.35. The number of hydrogen-bond acceptors (Lipinski definition) is 8. The van der Waals surface area contributed by atoms with Gasteiger partial charge in [-0.15, -0.1) is 0 Å². The average molecular weight is 442 g/mol. The highest BCUT2D eigenvalue weighted by Crippen LogP contribution is 2.25. The minimum atomic E-state index is 0.0344. The second kappa shape index (κ2) is 10.1. The van der Waals surface area contributed by atoms with E-state index in [2.05, 4.69) is 32.2 Å². The van der Waals surface area contributed by atoms with Crippen molar-refractivity contribution >= 4 is 23.4 Å². The molecule has 0 aliphatic rings. The molecule has 0 aliphatic carbocycles. The highest BCUT2D eigenvalue weighted by Gasteiger charge is 2.13. The van der Waals surface area contributed by atoms with E-state index in [4.69, 9.17) is 5.73 Å². The van der Waals surface area contributed by atoms with Crippen molar-refractivity contribution < 1.29 is 5.11 Å². The molecule has 33 heavy (non-hydrogen) atoms. The van der Waals surface area contributed by atoms with E-state index in [1.807, 2.05) is 72.6 Å². The van der Waals surface area contributed by atoms with E-state index < -0.39 is 0 Å². The van der Waals surface area contributed by atoms with E-state index in [1.54, 1.807) is 12.3 Å². The molecule has 2 aromatic carbocycles. The molecule has 0 saturated carbocycles. The third-order valence-corrected chi connectivity index (χ3v) is 5.18. The maximum atomic E-state index is 9.35. The number of nitrogens with zero attached hydrogens (tertiary/aromatic N) is 5. The standard InChI is InChI=1S/C25H27N7O/c1-17(13-18-7-6-8-19(14-18)16-33)28-25-27-12-11-22(31-25)32(2)23-15-21(26)29-24(30-23)20-9-4-3-5-10-20/h3-12,14-15,17,33H,13,16H2,1-2H3,(H2,26,29,30)(H,27,28,31)/t17-/m1/s1. The lowest BCUT2D eigenvalue weighted by atomic mass is 10.0. The summed E-state index contributed by atoms with van der Waals surface area (Å²) in [5.74, 6) is 2.79. The topological polar surface area (TPSA) is 113 Å². The molecule has 0 radical (unpaired) electrons. The lowest BCUT2D eigenvalue weighted by Crippen LogP contribution is -2.21. The molecule has 8 nitrogen and oxygen atoms in total. The minimum Gasteiger partial charge on any atom is -0.392 e. The molecule has 0 saturated heterocycles. The molecule has 0 unspecified atom stereocenters. The minimum absolute atomic E-state index is 0.0344. The number of hydrogen-bond donors (Lipinski definition) is 3. The summed E-state index contributed by atoms with van der Waals surface area (Å²) in [5.41, 5.74) is 9.00. The van der Waals surface area contributed by atoms with E-state index in [0.717, 1.165) is 23.1 Å². The van der Waals surface area contributed by atoms with Gasteiger partial charge in [-0.3, -0.25) is 0 Å². The van der Waals surface area contributed by atoms with Crippen LogP contribution in [0.25, 0.3) is 11.4 Å². The monoisotopic (exact) mass is 441 g/mol. The van der Waals surface area contributed by atoms with Gasteiger partial charge in [0, 0.05) is 30.9 Å². The van der Waals surface area contributed by atoms with Crippen LogP contribution in [0, 0.1) is 0 Å². The number of anilines is 4. The van der Waals surface area contributed by atoms with E-state index in [-0.39, 0.29) is 12.6 Å². The number of benzene rings is 2. The van der Waals surface area contributed by atoms with Crippen LogP contribution in [0.4, 0.5) is 23.4 Å². The zero-order chi connectivity index (χ0) is 23.2. The Morgan fingerprint density at radius 3 is 2.52 bits per heavy atom. The number of nitrogen functional groups attached to an aromatic ring is 1. The van der Waals surface area contributed by atoms with Crippen molar-refractivity contribution in [2.75, 3.05) is 23.0 Å². The number of rotatable bonds is 8. The Morgan fingerprint density at radius 1 is 0.939 bits per heavy atom. The first-order chi connectivity index (χ1) is 16.0. The molecule has 0 amide bonds. The van der Waals surface area contributed by atoms with Crippen LogP contribution in [0.3, 0.4) is 0 Å². The van der Waals surface area contributed by atoms with Gasteiger partial charge in [0.2, 0.25) is 5.95 Å². The lowest BCUT2D eigenvalue weighted by Gasteiger charge is -2.20. The highest BCUT2D eigenvalue weighted by molar-refractivity contribution is 5.64. The average Bonchev–Trinajstić information content (AvgIpc) is 2.84. The van der Waals surface area contributed by atoms with Crippen LogP contribution in [0.15, 0.2) is 72.9 Å². The normalized spacial score (nSPS) is 11.7. The summed E-state index contributed by atoms with van der Waals surface area (Å²) in [5, 5.41) is 12.7. The van der Waals surface area contributed by atoms with Crippen molar-refractivity contribution in [1.29, 1.82) is 0 Å². The number of nitrogens with two attached hydrogens (primary N) is 1. The lowest BCUT2D eigenvalue weighted by molar-refractivity contribution is 0.281. The van der Waals surface area contributed by atoms with Gasteiger partial charge < -0.3 is 21.1 Å². The quantitative estimate of drug-likeness (QED) is 0.378. The fourth-order valence-electron chi connectivity index (χ4n) is 3.54. The molecule has 1 atom stereocenters. The van der Waals surface area contributed by atoms with Crippen molar-refractivity contribution in [3.8, 4) is 11.4 Å². The fraction of sp³-hybridized carbons (Fsp3) is 0.200. The van der Waals surface area contributed by atoms with Crippen molar-refractivity contribution in [3.05, 3.63) is 84.1 Å². The molecular weight excluding hydrogens is 414 g/mol. The van der Waals surface area contributed by atoms with E-state index in [1.165, 1.54) is 0 Å². The van der Waals surface area contributed by atoms with Crippen LogP contribution in [0.2, 0.25) is 0 Å². The molecule has 4 rings (SSSR count). The molecule has 168 valence electrons. The van der Waals surface area contributed by atoms with Crippen LogP contribution >= 0.6 is 0 Å². The van der Waals surface area contributed by atoms with Crippen molar-refractivity contribution in [2.24, 2.45) is 0 Å². The number of aromatic nitrogens is 4. The first-order valence-electron chi connectivity index (χ1n) is 10.7. The van der Waals surface area contributed by atoms with E-state index in [0.29, 0.717) is 29.2 Å². The summed E-state index contributed by atoms with van der Waals surface area (Å²) in [7, 11) is 1.88. The first-order valence-corrected chi connectivity index (χ1v) is 10.7. The van der Waals surface area contributed by atoms with Crippen molar-refractivity contribution in [2.45, 2.75) is 26.0 Å². The molecular formula is C25H27N7O. The Hall–Kier alpha value is -4.04. The van der Waals surface area contributed by atoms with Crippen molar-refractivity contribution in [3.63, 3.8) is 0 Å². The van der Waals surface area contributed by atoms with Gasteiger partial charge in [-0.2, -0.15) is 4.98 Å². The van der Waals surface area contributed by atoms with Gasteiger partial charge in [0.1, 0.15) is 17.5 Å². The van der Waals surface area contributed by atoms with Gasteiger partial charge in [-0.05, 0) is 30.5 Å². The van der Waals surface area contributed by atoms with Crippen LogP contribution in [0.1, 0.15) is 18.1 Å². The Kier molecular flexibility index (Phi) is 6.75. The third kappa shape index (κ3) is 5.61. The van der Waals surface area contributed by atoms with Crippen LogP contribution < -0.4 is 16.0 Å². The molecule has 0 bridgehead atoms. The second-order valence-corrected chi connectivity index (χ2v) is 7.87. The van der Waals surface area contributed by atoms with E-state index >= 15 is 0 Å². The summed E-state index contributed by atoms with van der Waals surface area (Å²) in [6, 6.07) is 21.3. The van der Waals surface area contributed by atoms with Crippen LogP contribution in [0.5, 0.6) is 0 Å². The van der Waals surface area contributed by atoms with Gasteiger partial charge in [-0.1, -0.05) is 54.6 Å². The smallest absolute Gasteiger partial charge is 0.224 e. The van der Waals surface area contributed by atoms with Gasteiger partial charge in [0.05, 0.1) is 6.61 Å². The third-order valence-electron chi connectivity index (χ3n) is 5.18. The Bertz CT molecular complexity index is 1220. The Balaban J connectivity index is 1.51. The molecule has 2 heterocycles. The largest absolute Gasteiger partial charge is 0.392 e. The zero-order valence-corrected chi connectivity index (χ0v) is 18.7. The Morgan fingerprint density at radius 2 is 1.73 bits per heavy atom. The van der Waals surface area contributed by atoms with Gasteiger partial charge in [-0.25, -0.2) is 15.0 Å². The molecule has 2 aromatic heterocycles. The predicted octanol–water partition coefficient (Wildman–Crippen LogP) is 3.82. The van der Waals surface area contributed by atoms with Gasteiger partial charge in [0.25, 0.3) is 0 Å². The summed E-state index contributed by atoms with van der Waals surface area (Å²) < 4.78 is 0. The number of nitrogens with one attached hydrogen (secondary N) is 1. The molecule has 8 heteroatoms. The first kappa shape index (κ1) is 22.2. The fourth-order valence-corrected chi connectivity index (χ4v) is 3.54. The van der Waals surface area contributed by atoms with Gasteiger partial charge >= 0.3 is 0 Å². The second-order valence-electron chi connectivity index (χ2n) is 7.87. The maximum Gasteiger partial charge on any atom is 0.224 e. The van der Waals surface area contributed by atoms with Crippen LogP contribution in [-0.2, 0) is 13.0 Å². The van der Waals surface area contributed by atoms with E-state index in [9.17, 15) is 5.11 Å². The van der Waals surface area contributed by atoms with Crippen molar-refractivity contribution in [1.82, 2.24) is 19.9 Å². The van der Waals surface area contributed by atoms with Crippen LogP contribution in [-0.4, -0.2) is 38.1 Å². The summed E-state index contributed by atoms with van der Waals surface area (Å²) in [6.07, 6.45) is 2.49.